The van der Waals surface area contributed by atoms with E-state index in [9.17, 15) is 49.2 Å². The SMILES string of the molecule is COC(=O)CCC(=O)O[C@H]1[C@]2(C)O[C@@H]2C(=O)C2=C(O)c3c(ccc(-c4ccc5c(c4O)C(O)=C4C(=O)[C@H]6O[C@@]6(C)[C@H](OC(=O)CCC(=O)O)[C@]4(C)O5)c3O)O[C@]21C. The standard InChI is InChI=1S/C39H36O18/c1-36-24(30(49)32-38(3,56-32)34(36)52-20(43)11-10-18(40)41)28(47)22-16(54-36)8-6-14(26(22)45)15-7-9-17-23(27(15)46)29(48)25-31(50)33-39(4,57-33)35(37(25,2)55-17)53-21(44)13-12-19(42)51-5/h6-9,32-35,45-48H,10-13H2,1-5H3,(H,40,41)/t32-,33-,34-,35-,36-,37-,38-,39-/m1/s1. The fourth-order valence-electron chi connectivity index (χ4n) is 8.76. The first-order valence-electron chi connectivity index (χ1n) is 17.8. The summed E-state index contributed by atoms with van der Waals surface area (Å²) in [7, 11) is 1.17. The molecule has 18 heteroatoms. The quantitative estimate of drug-likeness (QED) is 0.139. The number of phenols is 2. The van der Waals surface area contributed by atoms with Gasteiger partial charge in [-0.25, -0.2) is 0 Å². The Morgan fingerprint density at radius 3 is 1.40 bits per heavy atom. The van der Waals surface area contributed by atoms with E-state index >= 15 is 0 Å². The van der Waals surface area contributed by atoms with Gasteiger partial charge in [-0.3, -0.25) is 28.8 Å². The lowest BCUT2D eigenvalue weighted by Gasteiger charge is -2.45. The number of aliphatic hydroxyl groups excluding tert-OH is 2. The minimum absolute atomic E-state index is 0.126. The summed E-state index contributed by atoms with van der Waals surface area (Å²) in [5, 5.41) is 55.9. The van der Waals surface area contributed by atoms with Gasteiger partial charge in [0.25, 0.3) is 0 Å². The zero-order chi connectivity index (χ0) is 41.3. The number of methoxy groups -OCH3 is 1. The molecule has 0 unspecified atom stereocenters. The Balaban J connectivity index is 1.16. The number of hydrogen-bond donors (Lipinski definition) is 5. The van der Waals surface area contributed by atoms with E-state index in [1.54, 1.807) is 0 Å². The smallest absolute Gasteiger partial charge is 0.306 e. The van der Waals surface area contributed by atoms with Crippen LogP contribution in [0.15, 0.2) is 35.4 Å². The Labute approximate surface area is 322 Å². The molecule has 0 bridgehead atoms. The number of epoxide rings is 2. The van der Waals surface area contributed by atoms with E-state index < -0.39 is 118 Å². The average molecular weight is 793 g/mol. The van der Waals surface area contributed by atoms with Gasteiger partial charge in [0, 0.05) is 11.1 Å². The number of Topliss-reactive ketones (excluding diaryl/α,β-unsaturated/α-hetero) is 2. The summed E-state index contributed by atoms with van der Waals surface area (Å²) in [5.74, 6) is -8.12. The van der Waals surface area contributed by atoms with Gasteiger partial charge in [-0.2, -0.15) is 0 Å². The van der Waals surface area contributed by atoms with Gasteiger partial charge in [0.1, 0.15) is 56.8 Å². The molecular formula is C39H36O18. The zero-order valence-electron chi connectivity index (χ0n) is 31.0. The van der Waals surface area contributed by atoms with Crippen molar-refractivity contribution < 1.29 is 87.5 Å². The molecule has 4 heterocycles. The number of fused-ring (bicyclic) bond motifs is 6. The van der Waals surface area contributed by atoms with E-state index in [4.69, 9.17) is 33.5 Å². The van der Waals surface area contributed by atoms with Crippen LogP contribution in [0.4, 0.5) is 0 Å². The number of ether oxygens (including phenoxy) is 7. The summed E-state index contributed by atoms with van der Waals surface area (Å²) < 4.78 is 39.8. The fraction of sp³-hybridized carbons (Fsp3) is 0.436. The molecule has 2 saturated heterocycles. The second kappa shape index (κ2) is 12.2. The van der Waals surface area contributed by atoms with E-state index in [0.29, 0.717) is 0 Å². The van der Waals surface area contributed by atoms with Gasteiger partial charge < -0.3 is 58.7 Å². The molecule has 8 rings (SSSR count). The number of benzene rings is 2. The maximum Gasteiger partial charge on any atom is 0.306 e. The van der Waals surface area contributed by atoms with Crippen LogP contribution in [0, 0.1) is 0 Å². The lowest BCUT2D eigenvalue weighted by molar-refractivity contribution is -0.168. The topological polar surface area (TPSA) is 275 Å². The zero-order valence-corrected chi connectivity index (χ0v) is 31.0. The highest BCUT2D eigenvalue weighted by Gasteiger charge is 2.77. The van der Waals surface area contributed by atoms with Crippen molar-refractivity contribution in [1.82, 2.24) is 0 Å². The van der Waals surface area contributed by atoms with Crippen molar-refractivity contribution in [3.8, 4) is 34.1 Å². The molecule has 8 atom stereocenters. The van der Waals surface area contributed by atoms with E-state index in [1.807, 2.05) is 0 Å². The average Bonchev–Trinajstić information content (AvgIpc) is 4.04. The number of esters is 3. The summed E-state index contributed by atoms with van der Waals surface area (Å²) in [4.78, 5) is 75.7. The number of carboxylic acid groups (broad SMARTS) is 1. The van der Waals surface area contributed by atoms with Crippen molar-refractivity contribution in [2.75, 3.05) is 7.11 Å². The lowest BCUT2D eigenvalue weighted by Crippen LogP contribution is -2.62. The molecule has 2 aromatic rings. The third kappa shape index (κ3) is 5.22. The molecule has 6 aliphatic rings. The molecule has 57 heavy (non-hydrogen) atoms. The highest BCUT2D eigenvalue weighted by atomic mass is 16.7. The number of aliphatic carboxylic acids is 1. The highest BCUT2D eigenvalue weighted by Crippen LogP contribution is 2.61. The van der Waals surface area contributed by atoms with E-state index in [2.05, 4.69) is 4.74 Å². The van der Waals surface area contributed by atoms with Crippen molar-refractivity contribution in [1.29, 1.82) is 0 Å². The van der Waals surface area contributed by atoms with Gasteiger partial charge in [0.15, 0.2) is 47.2 Å². The molecule has 5 N–H and O–H groups in total. The Kier molecular flexibility index (Phi) is 8.07. The van der Waals surface area contributed by atoms with Gasteiger partial charge >= 0.3 is 23.9 Å². The largest absolute Gasteiger partial charge is 0.506 e. The molecule has 2 aliphatic carbocycles. The predicted molar refractivity (Wildman–Crippen MR) is 187 cm³/mol. The number of phenolic OH excluding ortho intramolecular Hbond substituents is 2. The molecule has 4 aliphatic heterocycles. The molecule has 300 valence electrons. The van der Waals surface area contributed by atoms with E-state index in [-0.39, 0.29) is 57.7 Å². The van der Waals surface area contributed by atoms with Crippen LogP contribution >= 0.6 is 0 Å². The lowest BCUT2D eigenvalue weighted by atomic mass is 9.70. The van der Waals surface area contributed by atoms with Crippen LogP contribution in [0.3, 0.4) is 0 Å². The Hall–Kier alpha value is -6.14. The van der Waals surface area contributed by atoms with Crippen molar-refractivity contribution in [2.24, 2.45) is 0 Å². The van der Waals surface area contributed by atoms with Crippen LogP contribution in [-0.4, -0.2) is 115 Å². The number of carbonyl (C=O) groups excluding carboxylic acids is 5. The second-order valence-electron chi connectivity index (χ2n) is 15.3. The summed E-state index contributed by atoms with van der Waals surface area (Å²) in [6.07, 6.45) is -6.58. The van der Waals surface area contributed by atoms with Crippen LogP contribution in [-0.2, 0) is 52.5 Å². The third-order valence-electron chi connectivity index (χ3n) is 11.6. The Morgan fingerprint density at radius 2 is 1.02 bits per heavy atom. The summed E-state index contributed by atoms with van der Waals surface area (Å²) in [6, 6.07) is 5.27. The normalized spacial score (nSPS) is 32.5. The van der Waals surface area contributed by atoms with Gasteiger partial charge in [-0.05, 0) is 52.0 Å². The predicted octanol–water partition coefficient (Wildman–Crippen LogP) is 2.73. The molecule has 18 nitrogen and oxygen atoms in total. The molecule has 4 fully saturated rings. The fourth-order valence-corrected chi connectivity index (χ4v) is 8.76. The molecule has 0 amide bonds. The number of aliphatic hydroxyl groups is 2. The monoisotopic (exact) mass is 792 g/mol. The minimum atomic E-state index is -1.86. The molecule has 0 radical (unpaired) electrons. The summed E-state index contributed by atoms with van der Waals surface area (Å²) in [5.41, 5.74) is -8.11. The number of carbonyl (C=O) groups is 6. The van der Waals surface area contributed by atoms with Crippen LogP contribution in [0.1, 0.15) is 64.5 Å². The van der Waals surface area contributed by atoms with Gasteiger partial charge in [0.2, 0.25) is 0 Å². The minimum Gasteiger partial charge on any atom is -0.506 e. The van der Waals surface area contributed by atoms with Crippen molar-refractivity contribution >= 4 is 47.0 Å². The first-order chi connectivity index (χ1) is 26.7. The van der Waals surface area contributed by atoms with E-state index in [1.165, 1.54) is 59.1 Å². The number of ketones is 2. The highest BCUT2D eigenvalue weighted by molar-refractivity contribution is 6.12. The number of carboxylic acids is 1. The van der Waals surface area contributed by atoms with Crippen LogP contribution < -0.4 is 9.47 Å². The molecule has 2 saturated carbocycles. The van der Waals surface area contributed by atoms with Crippen molar-refractivity contribution in [3.63, 3.8) is 0 Å². The van der Waals surface area contributed by atoms with Crippen molar-refractivity contribution in [2.45, 2.75) is 100 Å². The third-order valence-corrected chi connectivity index (χ3v) is 11.6. The maximum absolute atomic E-state index is 13.7. The van der Waals surface area contributed by atoms with E-state index in [0.717, 1.165) is 0 Å². The van der Waals surface area contributed by atoms with Crippen LogP contribution in [0.25, 0.3) is 22.6 Å². The van der Waals surface area contributed by atoms with Gasteiger partial charge in [-0.15, -0.1) is 0 Å². The van der Waals surface area contributed by atoms with Gasteiger partial charge in [0.05, 0.1) is 43.9 Å². The van der Waals surface area contributed by atoms with Crippen LogP contribution in [0.5, 0.6) is 23.0 Å². The van der Waals surface area contributed by atoms with Gasteiger partial charge in [-0.1, -0.05) is 0 Å². The Morgan fingerprint density at radius 1 is 0.632 bits per heavy atom. The van der Waals surface area contributed by atoms with Crippen LogP contribution in [0.2, 0.25) is 0 Å². The first-order valence-corrected chi connectivity index (χ1v) is 17.8. The van der Waals surface area contributed by atoms with Crippen molar-refractivity contribution in [3.05, 3.63) is 46.5 Å². The summed E-state index contributed by atoms with van der Waals surface area (Å²) in [6.45, 7) is 5.84. The number of aromatic hydroxyl groups is 2. The molecular weight excluding hydrogens is 756 g/mol. The number of rotatable bonds is 9. The summed E-state index contributed by atoms with van der Waals surface area (Å²) >= 11 is 0. The second-order valence-corrected chi connectivity index (χ2v) is 15.3. The Bertz CT molecular complexity index is 2320. The molecule has 0 aromatic heterocycles. The molecule has 0 spiro atoms. The maximum atomic E-state index is 13.7. The molecule has 2 aromatic carbocycles. The number of hydrogen-bond acceptors (Lipinski definition) is 17. The first kappa shape index (κ1) is 37.8.